The zero-order chi connectivity index (χ0) is 18.7. The van der Waals surface area contributed by atoms with Crippen LogP contribution in [0.1, 0.15) is 63.1 Å². The third-order valence-electron chi connectivity index (χ3n) is 4.48. The molecule has 0 fully saturated rings. The predicted octanol–water partition coefficient (Wildman–Crippen LogP) is 5.59. The molecule has 4 heteroatoms. The number of hydrogen-bond donors (Lipinski definition) is 0. The Morgan fingerprint density at radius 3 is 2.17 bits per heavy atom. The SMILES string of the molecule is CC.CCP(C)(=O)c1ccc(-n2nc(C)c(C(C)C)c2C)c(C)c1. The van der Waals surface area contributed by atoms with E-state index in [1.165, 1.54) is 11.3 Å². The van der Waals surface area contributed by atoms with Gasteiger partial charge in [0.1, 0.15) is 7.14 Å². The fourth-order valence-corrected chi connectivity index (χ4v) is 4.30. The average molecular weight is 348 g/mol. The van der Waals surface area contributed by atoms with Gasteiger partial charge in [-0.3, -0.25) is 0 Å². The highest BCUT2D eigenvalue weighted by Gasteiger charge is 2.19. The Hall–Kier alpha value is -1.34. The van der Waals surface area contributed by atoms with Gasteiger partial charge in [0.05, 0.1) is 11.4 Å². The lowest BCUT2D eigenvalue weighted by Gasteiger charge is -2.15. The standard InChI is InChI=1S/C18H27N2OP.C2H6/c1-8-22(7,21)16-9-10-17(13(4)11-16)20-15(6)18(12(2)3)14(5)19-20;1-2/h9-12H,8H2,1-7H3;1-2H3. The molecule has 1 atom stereocenters. The lowest BCUT2D eigenvalue weighted by molar-refractivity contribution is 0.585. The molecule has 0 saturated carbocycles. The summed E-state index contributed by atoms with van der Waals surface area (Å²) in [5.74, 6) is 0.462. The van der Waals surface area contributed by atoms with E-state index in [9.17, 15) is 4.57 Å². The normalized spacial score (nSPS) is 13.4. The van der Waals surface area contributed by atoms with Crippen LogP contribution in [0.2, 0.25) is 0 Å². The molecule has 1 heterocycles. The van der Waals surface area contributed by atoms with Crippen LogP contribution in [0.25, 0.3) is 5.69 Å². The molecular weight excluding hydrogens is 315 g/mol. The molecule has 0 spiro atoms. The molecule has 1 aromatic heterocycles. The highest BCUT2D eigenvalue weighted by Crippen LogP contribution is 2.39. The quantitative estimate of drug-likeness (QED) is 0.676. The molecule has 0 saturated heterocycles. The van der Waals surface area contributed by atoms with Crippen molar-refractivity contribution in [2.24, 2.45) is 0 Å². The smallest absolute Gasteiger partial charge is 0.112 e. The summed E-state index contributed by atoms with van der Waals surface area (Å²) in [6.45, 7) is 18.5. The largest absolute Gasteiger partial charge is 0.319 e. The molecule has 0 bridgehead atoms. The number of aryl methyl sites for hydroxylation is 2. The molecule has 0 aliphatic heterocycles. The maximum atomic E-state index is 12.6. The van der Waals surface area contributed by atoms with E-state index in [0.717, 1.165) is 22.2 Å². The van der Waals surface area contributed by atoms with Gasteiger partial charge in [0.15, 0.2) is 0 Å². The van der Waals surface area contributed by atoms with Crippen molar-refractivity contribution in [3.05, 3.63) is 40.7 Å². The van der Waals surface area contributed by atoms with Gasteiger partial charge in [0, 0.05) is 17.2 Å². The fourth-order valence-electron chi connectivity index (χ4n) is 3.08. The highest BCUT2D eigenvalue weighted by molar-refractivity contribution is 7.70. The molecule has 2 aromatic rings. The van der Waals surface area contributed by atoms with Gasteiger partial charge < -0.3 is 4.57 Å². The van der Waals surface area contributed by atoms with Gasteiger partial charge in [-0.25, -0.2) is 4.68 Å². The Kier molecular flexibility index (Phi) is 7.04. The first-order valence-electron chi connectivity index (χ1n) is 8.93. The zero-order valence-electron chi connectivity index (χ0n) is 16.8. The third kappa shape index (κ3) is 4.00. The number of benzene rings is 1. The van der Waals surface area contributed by atoms with Crippen LogP contribution in [0.5, 0.6) is 0 Å². The molecule has 0 amide bonds. The summed E-state index contributed by atoms with van der Waals surface area (Å²) in [6.07, 6.45) is 0.698. The zero-order valence-corrected chi connectivity index (χ0v) is 17.7. The van der Waals surface area contributed by atoms with Crippen molar-refractivity contribution in [1.29, 1.82) is 0 Å². The molecular formula is C20H33N2OP. The minimum Gasteiger partial charge on any atom is -0.319 e. The second-order valence-electron chi connectivity index (χ2n) is 6.54. The molecule has 134 valence electrons. The third-order valence-corrected chi connectivity index (χ3v) is 7.06. The van der Waals surface area contributed by atoms with Crippen LogP contribution in [-0.4, -0.2) is 22.6 Å². The van der Waals surface area contributed by atoms with E-state index < -0.39 is 7.14 Å². The van der Waals surface area contributed by atoms with E-state index in [4.69, 9.17) is 5.10 Å². The second-order valence-corrected chi connectivity index (χ2v) is 9.89. The van der Waals surface area contributed by atoms with E-state index in [1.54, 1.807) is 0 Å². The molecule has 2 rings (SSSR count). The van der Waals surface area contributed by atoms with Gasteiger partial charge >= 0.3 is 0 Å². The number of aromatic nitrogens is 2. The van der Waals surface area contributed by atoms with Crippen LogP contribution in [0.15, 0.2) is 18.2 Å². The number of hydrogen-bond acceptors (Lipinski definition) is 2. The van der Waals surface area contributed by atoms with Crippen molar-refractivity contribution < 1.29 is 4.57 Å². The van der Waals surface area contributed by atoms with Crippen molar-refractivity contribution in [2.75, 3.05) is 12.8 Å². The summed E-state index contributed by atoms with van der Waals surface area (Å²) < 4.78 is 14.6. The van der Waals surface area contributed by atoms with Crippen LogP contribution in [0.3, 0.4) is 0 Å². The Morgan fingerprint density at radius 2 is 1.75 bits per heavy atom. The number of rotatable bonds is 4. The highest BCUT2D eigenvalue weighted by atomic mass is 31.2. The Bertz CT molecular complexity index is 744. The monoisotopic (exact) mass is 348 g/mol. The van der Waals surface area contributed by atoms with E-state index in [2.05, 4.69) is 46.8 Å². The Balaban J connectivity index is 0.00000139. The van der Waals surface area contributed by atoms with Crippen LogP contribution >= 0.6 is 7.14 Å². The maximum Gasteiger partial charge on any atom is 0.112 e. The minimum atomic E-state index is -2.23. The van der Waals surface area contributed by atoms with E-state index >= 15 is 0 Å². The molecule has 1 aromatic carbocycles. The Morgan fingerprint density at radius 1 is 1.17 bits per heavy atom. The average Bonchev–Trinajstić information content (AvgIpc) is 2.83. The van der Waals surface area contributed by atoms with E-state index in [0.29, 0.717) is 12.1 Å². The van der Waals surface area contributed by atoms with Gasteiger partial charge in [-0.2, -0.15) is 5.10 Å². The van der Waals surface area contributed by atoms with Crippen LogP contribution < -0.4 is 5.30 Å². The lowest BCUT2D eigenvalue weighted by atomic mass is 10.0. The summed E-state index contributed by atoms with van der Waals surface area (Å²) in [4.78, 5) is 0. The molecule has 0 aliphatic carbocycles. The van der Waals surface area contributed by atoms with Gasteiger partial charge in [-0.1, -0.05) is 34.6 Å². The first-order valence-corrected chi connectivity index (χ1v) is 11.3. The van der Waals surface area contributed by atoms with Gasteiger partial charge in [0.2, 0.25) is 0 Å². The summed E-state index contributed by atoms with van der Waals surface area (Å²) in [5, 5.41) is 5.68. The minimum absolute atomic E-state index is 0.462. The summed E-state index contributed by atoms with van der Waals surface area (Å²) >= 11 is 0. The van der Waals surface area contributed by atoms with Crippen LogP contribution in [-0.2, 0) is 4.57 Å². The van der Waals surface area contributed by atoms with Crippen LogP contribution in [0, 0.1) is 20.8 Å². The fraction of sp³-hybridized carbons (Fsp3) is 0.550. The molecule has 0 radical (unpaired) electrons. The second kappa shape index (κ2) is 8.16. The van der Waals surface area contributed by atoms with Crippen molar-refractivity contribution in [3.63, 3.8) is 0 Å². The molecule has 0 aliphatic rings. The summed E-state index contributed by atoms with van der Waals surface area (Å²) in [7, 11) is -2.23. The topological polar surface area (TPSA) is 34.9 Å². The van der Waals surface area contributed by atoms with E-state index in [1.807, 2.05) is 38.2 Å². The van der Waals surface area contributed by atoms with Gasteiger partial charge in [-0.15, -0.1) is 0 Å². The summed E-state index contributed by atoms with van der Waals surface area (Å²) in [5.41, 5.74) is 5.80. The molecule has 3 nitrogen and oxygen atoms in total. The van der Waals surface area contributed by atoms with Crippen molar-refractivity contribution in [2.45, 2.75) is 61.3 Å². The van der Waals surface area contributed by atoms with Crippen molar-refractivity contribution in [1.82, 2.24) is 9.78 Å². The first-order chi connectivity index (χ1) is 11.2. The predicted molar refractivity (Wildman–Crippen MR) is 107 cm³/mol. The van der Waals surface area contributed by atoms with Crippen molar-refractivity contribution in [3.8, 4) is 5.69 Å². The Labute approximate surface area is 147 Å². The summed E-state index contributed by atoms with van der Waals surface area (Å²) in [6, 6.07) is 6.11. The van der Waals surface area contributed by atoms with Gasteiger partial charge in [-0.05, 0) is 62.7 Å². The van der Waals surface area contributed by atoms with Crippen molar-refractivity contribution >= 4 is 12.4 Å². The van der Waals surface area contributed by atoms with Gasteiger partial charge in [0.25, 0.3) is 0 Å². The molecule has 1 unspecified atom stereocenters. The first kappa shape index (κ1) is 20.7. The lowest BCUT2D eigenvalue weighted by Crippen LogP contribution is -2.10. The van der Waals surface area contributed by atoms with E-state index in [-0.39, 0.29) is 0 Å². The van der Waals surface area contributed by atoms with Crippen LogP contribution in [0.4, 0.5) is 0 Å². The molecule has 24 heavy (non-hydrogen) atoms. The maximum absolute atomic E-state index is 12.6. The molecule has 0 N–H and O–H groups in total. The number of nitrogens with zero attached hydrogens (tertiary/aromatic N) is 2.